The Bertz CT molecular complexity index is 396. The van der Waals surface area contributed by atoms with Crippen molar-refractivity contribution < 1.29 is 9.53 Å². The summed E-state index contributed by atoms with van der Waals surface area (Å²) in [5, 5.41) is 2.82. The molecule has 19 heavy (non-hydrogen) atoms. The van der Waals surface area contributed by atoms with Gasteiger partial charge in [0.15, 0.2) is 6.61 Å². The first kappa shape index (κ1) is 15.5. The van der Waals surface area contributed by atoms with E-state index in [-0.39, 0.29) is 12.5 Å². The third-order valence-electron chi connectivity index (χ3n) is 2.91. The summed E-state index contributed by atoms with van der Waals surface area (Å²) in [4.78, 5) is 13.7. The number of rotatable bonds is 8. The quantitative estimate of drug-likeness (QED) is 0.722. The maximum Gasteiger partial charge on any atom is 0.257 e. The van der Waals surface area contributed by atoms with E-state index in [2.05, 4.69) is 17.1 Å². The standard InChI is InChI=1S/C14H23N3O2/c1-3-17(2)9-8-16-14(18)11-19-13-7-5-4-6-12(13)10-15/h4-7H,3,8-11,15H2,1-2H3,(H,16,18). The second-order valence-corrected chi connectivity index (χ2v) is 4.35. The molecule has 0 atom stereocenters. The molecule has 0 saturated heterocycles. The van der Waals surface area contributed by atoms with Crippen LogP contribution in [0.5, 0.6) is 5.75 Å². The number of carbonyl (C=O) groups excluding carboxylic acids is 1. The molecule has 0 fully saturated rings. The van der Waals surface area contributed by atoms with Gasteiger partial charge in [0.1, 0.15) is 5.75 Å². The summed E-state index contributed by atoms with van der Waals surface area (Å²) >= 11 is 0. The highest BCUT2D eigenvalue weighted by atomic mass is 16.5. The van der Waals surface area contributed by atoms with Gasteiger partial charge in [0.25, 0.3) is 5.91 Å². The molecule has 5 nitrogen and oxygen atoms in total. The molecule has 0 heterocycles. The molecular weight excluding hydrogens is 242 g/mol. The van der Waals surface area contributed by atoms with E-state index in [4.69, 9.17) is 10.5 Å². The first-order valence-corrected chi connectivity index (χ1v) is 6.53. The van der Waals surface area contributed by atoms with Crippen LogP contribution < -0.4 is 15.8 Å². The molecule has 106 valence electrons. The number of nitrogens with one attached hydrogen (secondary N) is 1. The molecule has 0 saturated carbocycles. The third-order valence-corrected chi connectivity index (χ3v) is 2.91. The van der Waals surface area contributed by atoms with E-state index in [0.29, 0.717) is 18.8 Å². The Morgan fingerprint density at radius 2 is 2.16 bits per heavy atom. The number of benzene rings is 1. The van der Waals surface area contributed by atoms with Crippen molar-refractivity contribution in [1.82, 2.24) is 10.2 Å². The second-order valence-electron chi connectivity index (χ2n) is 4.35. The molecule has 0 aliphatic rings. The fraction of sp³-hybridized carbons (Fsp3) is 0.500. The molecule has 0 aliphatic heterocycles. The lowest BCUT2D eigenvalue weighted by Crippen LogP contribution is -2.35. The number of carbonyl (C=O) groups is 1. The maximum absolute atomic E-state index is 11.6. The van der Waals surface area contributed by atoms with Gasteiger partial charge < -0.3 is 20.7 Å². The average Bonchev–Trinajstić information content (AvgIpc) is 2.45. The van der Waals surface area contributed by atoms with Gasteiger partial charge in [-0.25, -0.2) is 0 Å². The van der Waals surface area contributed by atoms with Crippen LogP contribution in [0.1, 0.15) is 12.5 Å². The Morgan fingerprint density at radius 1 is 1.42 bits per heavy atom. The van der Waals surface area contributed by atoms with Crippen molar-refractivity contribution in [2.75, 3.05) is 33.3 Å². The van der Waals surface area contributed by atoms with Crippen molar-refractivity contribution in [3.8, 4) is 5.75 Å². The zero-order valence-corrected chi connectivity index (χ0v) is 11.7. The molecule has 1 aromatic rings. The van der Waals surface area contributed by atoms with Crippen LogP contribution in [0.15, 0.2) is 24.3 Å². The lowest BCUT2D eigenvalue weighted by atomic mass is 10.2. The van der Waals surface area contributed by atoms with Crippen LogP contribution in [0.25, 0.3) is 0 Å². The summed E-state index contributed by atoms with van der Waals surface area (Å²) in [6.45, 7) is 4.93. The van der Waals surface area contributed by atoms with Crippen LogP contribution in [0.4, 0.5) is 0 Å². The summed E-state index contributed by atoms with van der Waals surface area (Å²) in [5.41, 5.74) is 6.50. The van der Waals surface area contributed by atoms with E-state index in [9.17, 15) is 4.79 Å². The minimum absolute atomic E-state index is 0.0207. The summed E-state index contributed by atoms with van der Waals surface area (Å²) < 4.78 is 5.47. The summed E-state index contributed by atoms with van der Waals surface area (Å²) in [7, 11) is 2.01. The number of para-hydroxylation sites is 1. The Kier molecular flexibility index (Phi) is 6.92. The number of ether oxygens (including phenoxy) is 1. The third kappa shape index (κ3) is 5.72. The number of likely N-dealkylation sites (N-methyl/N-ethyl adjacent to an activating group) is 1. The van der Waals surface area contributed by atoms with Crippen molar-refractivity contribution in [3.05, 3.63) is 29.8 Å². The fourth-order valence-electron chi connectivity index (χ4n) is 1.55. The van der Waals surface area contributed by atoms with Crippen LogP contribution in [0.3, 0.4) is 0 Å². The van der Waals surface area contributed by atoms with Crippen molar-refractivity contribution >= 4 is 5.91 Å². The van der Waals surface area contributed by atoms with Gasteiger partial charge in [-0.15, -0.1) is 0 Å². The first-order valence-electron chi connectivity index (χ1n) is 6.53. The van der Waals surface area contributed by atoms with Crippen LogP contribution in [-0.4, -0.2) is 44.1 Å². The monoisotopic (exact) mass is 265 g/mol. The molecule has 0 bridgehead atoms. The lowest BCUT2D eigenvalue weighted by Gasteiger charge is -2.14. The summed E-state index contributed by atoms with van der Waals surface area (Å²) in [5.74, 6) is 0.558. The van der Waals surface area contributed by atoms with Gasteiger partial charge in [-0.3, -0.25) is 4.79 Å². The zero-order chi connectivity index (χ0) is 14.1. The Labute approximate surface area is 114 Å². The molecule has 5 heteroatoms. The summed E-state index contributed by atoms with van der Waals surface area (Å²) in [6.07, 6.45) is 0. The number of amides is 1. The number of nitrogens with two attached hydrogens (primary N) is 1. The van der Waals surface area contributed by atoms with Crippen molar-refractivity contribution in [2.45, 2.75) is 13.5 Å². The van der Waals surface area contributed by atoms with Crippen LogP contribution >= 0.6 is 0 Å². The Hall–Kier alpha value is -1.59. The van der Waals surface area contributed by atoms with E-state index in [1.165, 1.54) is 0 Å². The number of nitrogens with zero attached hydrogens (tertiary/aromatic N) is 1. The van der Waals surface area contributed by atoms with Crippen molar-refractivity contribution in [3.63, 3.8) is 0 Å². The van der Waals surface area contributed by atoms with E-state index in [0.717, 1.165) is 18.7 Å². The first-order chi connectivity index (χ1) is 9.17. The van der Waals surface area contributed by atoms with E-state index in [1.54, 1.807) is 0 Å². The largest absolute Gasteiger partial charge is 0.483 e. The van der Waals surface area contributed by atoms with Gasteiger partial charge in [-0.2, -0.15) is 0 Å². The Balaban J connectivity index is 2.30. The predicted octanol–water partition coefficient (Wildman–Crippen LogP) is 0.592. The second kappa shape index (κ2) is 8.50. The number of hydrogen-bond donors (Lipinski definition) is 2. The van der Waals surface area contributed by atoms with Crippen LogP contribution in [0.2, 0.25) is 0 Å². The number of hydrogen-bond acceptors (Lipinski definition) is 4. The molecule has 0 aliphatic carbocycles. The van der Waals surface area contributed by atoms with E-state index in [1.807, 2.05) is 31.3 Å². The highest BCUT2D eigenvalue weighted by Crippen LogP contribution is 2.16. The average molecular weight is 265 g/mol. The van der Waals surface area contributed by atoms with Gasteiger partial charge >= 0.3 is 0 Å². The van der Waals surface area contributed by atoms with Crippen LogP contribution in [0, 0.1) is 0 Å². The highest BCUT2D eigenvalue weighted by molar-refractivity contribution is 5.77. The maximum atomic E-state index is 11.6. The Morgan fingerprint density at radius 3 is 2.84 bits per heavy atom. The fourth-order valence-corrected chi connectivity index (χ4v) is 1.55. The van der Waals surface area contributed by atoms with Gasteiger partial charge in [-0.1, -0.05) is 25.1 Å². The molecule has 0 aromatic heterocycles. The molecule has 1 rings (SSSR count). The molecule has 3 N–H and O–H groups in total. The minimum Gasteiger partial charge on any atom is -0.483 e. The van der Waals surface area contributed by atoms with E-state index >= 15 is 0 Å². The normalized spacial score (nSPS) is 10.5. The molecular formula is C14H23N3O2. The van der Waals surface area contributed by atoms with Gasteiger partial charge in [0.05, 0.1) is 0 Å². The van der Waals surface area contributed by atoms with Crippen molar-refractivity contribution in [1.29, 1.82) is 0 Å². The molecule has 0 spiro atoms. The predicted molar refractivity (Wildman–Crippen MR) is 76.0 cm³/mol. The molecule has 1 aromatic carbocycles. The van der Waals surface area contributed by atoms with Gasteiger partial charge in [0.2, 0.25) is 0 Å². The van der Waals surface area contributed by atoms with Gasteiger partial charge in [-0.05, 0) is 19.7 Å². The van der Waals surface area contributed by atoms with E-state index < -0.39 is 0 Å². The van der Waals surface area contributed by atoms with Crippen LogP contribution in [-0.2, 0) is 11.3 Å². The highest BCUT2D eigenvalue weighted by Gasteiger charge is 2.05. The lowest BCUT2D eigenvalue weighted by molar-refractivity contribution is -0.123. The SMILES string of the molecule is CCN(C)CCNC(=O)COc1ccccc1CN. The molecule has 0 radical (unpaired) electrons. The summed E-state index contributed by atoms with van der Waals surface area (Å²) in [6, 6.07) is 7.47. The molecule has 0 unspecified atom stereocenters. The van der Waals surface area contributed by atoms with Crippen molar-refractivity contribution in [2.24, 2.45) is 5.73 Å². The molecule has 1 amide bonds. The minimum atomic E-state index is -0.115. The van der Waals surface area contributed by atoms with Gasteiger partial charge in [0, 0.05) is 25.2 Å². The topological polar surface area (TPSA) is 67.6 Å². The zero-order valence-electron chi connectivity index (χ0n) is 11.7. The smallest absolute Gasteiger partial charge is 0.257 e.